The van der Waals surface area contributed by atoms with Crippen LogP contribution >= 0.6 is 22.9 Å². The highest BCUT2D eigenvalue weighted by atomic mass is 32.2. The molecule has 0 spiro atoms. The summed E-state index contributed by atoms with van der Waals surface area (Å²) in [5.74, 6) is 1.53. The van der Waals surface area contributed by atoms with Crippen molar-refractivity contribution in [1.29, 1.82) is 0 Å². The second-order valence-electron chi connectivity index (χ2n) is 6.69. The fraction of sp³-hybridized carbons (Fsp3) is 0.316. The number of nitrogens with zero attached hydrogens (tertiary/aromatic N) is 4. The monoisotopic (exact) mass is 464 g/mol. The van der Waals surface area contributed by atoms with Crippen LogP contribution in [-0.2, 0) is 16.4 Å². The molecule has 2 aromatic heterocycles. The van der Waals surface area contributed by atoms with Gasteiger partial charge in [-0.15, -0.1) is 11.3 Å². The molecule has 0 unspecified atom stereocenters. The number of hydrogen-bond donors (Lipinski definition) is 0. The molecule has 4 rings (SSSR count). The summed E-state index contributed by atoms with van der Waals surface area (Å²) < 4.78 is 36.9. The van der Waals surface area contributed by atoms with Crippen LogP contribution in [0.5, 0.6) is 5.75 Å². The molecule has 1 aromatic carbocycles. The maximum absolute atomic E-state index is 12.8. The van der Waals surface area contributed by atoms with Crippen molar-refractivity contribution in [3.05, 3.63) is 52.7 Å². The highest BCUT2D eigenvalue weighted by Gasteiger charge is 2.30. The second-order valence-corrected chi connectivity index (χ2v) is 10.7. The third-order valence-electron chi connectivity index (χ3n) is 4.78. The molecule has 0 radical (unpaired) electrons. The Morgan fingerprint density at radius 2 is 1.97 bits per heavy atom. The lowest BCUT2D eigenvalue weighted by Crippen LogP contribution is -2.48. The van der Waals surface area contributed by atoms with Gasteiger partial charge in [0.1, 0.15) is 15.8 Å². The van der Waals surface area contributed by atoms with E-state index < -0.39 is 10.0 Å². The van der Waals surface area contributed by atoms with Crippen molar-refractivity contribution in [2.24, 2.45) is 0 Å². The molecule has 1 fully saturated rings. The van der Waals surface area contributed by atoms with Gasteiger partial charge in [0.15, 0.2) is 6.29 Å². The lowest BCUT2D eigenvalue weighted by molar-refractivity contribution is 0.112. The van der Waals surface area contributed by atoms with Gasteiger partial charge in [-0.05, 0) is 29.8 Å². The quantitative estimate of drug-likeness (QED) is 0.496. The number of aldehydes is 1. The van der Waals surface area contributed by atoms with E-state index in [1.807, 2.05) is 24.3 Å². The summed E-state index contributed by atoms with van der Waals surface area (Å²) in [5.41, 5.74) is 1.07. The molecule has 8 nitrogen and oxygen atoms in total. The lowest BCUT2D eigenvalue weighted by Gasteiger charge is -2.33. The first kappa shape index (κ1) is 20.9. The molecule has 0 atom stereocenters. The van der Waals surface area contributed by atoms with Gasteiger partial charge in [0.25, 0.3) is 10.0 Å². The summed E-state index contributed by atoms with van der Waals surface area (Å²) in [7, 11) is -1.94. The molecule has 158 valence electrons. The van der Waals surface area contributed by atoms with Gasteiger partial charge < -0.3 is 9.64 Å². The number of methoxy groups -OCH3 is 1. The molecule has 11 heteroatoms. The van der Waals surface area contributed by atoms with Crippen LogP contribution in [0.3, 0.4) is 0 Å². The predicted octanol–water partition coefficient (Wildman–Crippen LogP) is 2.52. The number of ether oxygens (including phenoxy) is 1. The van der Waals surface area contributed by atoms with Crippen LogP contribution in [0.1, 0.15) is 21.1 Å². The third-order valence-corrected chi connectivity index (χ3v) is 8.97. The second kappa shape index (κ2) is 8.80. The van der Waals surface area contributed by atoms with E-state index in [2.05, 4.69) is 14.3 Å². The molecule has 0 aliphatic carbocycles. The van der Waals surface area contributed by atoms with Crippen molar-refractivity contribution < 1.29 is 17.9 Å². The Balaban J connectivity index is 1.39. The number of carbonyl (C=O) groups excluding carboxylic acids is 1. The van der Waals surface area contributed by atoms with Gasteiger partial charge in [-0.3, -0.25) is 4.79 Å². The van der Waals surface area contributed by atoms with Crippen LogP contribution in [0.2, 0.25) is 0 Å². The van der Waals surface area contributed by atoms with E-state index in [9.17, 15) is 13.2 Å². The van der Waals surface area contributed by atoms with Crippen molar-refractivity contribution in [3.63, 3.8) is 0 Å². The van der Waals surface area contributed by atoms with Crippen LogP contribution < -0.4 is 9.64 Å². The number of benzene rings is 1. The molecular formula is C19H20N4O4S3. The minimum atomic E-state index is -3.58. The Bertz CT molecular complexity index is 1130. The molecule has 3 heterocycles. The normalized spacial score (nSPS) is 15.3. The van der Waals surface area contributed by atoms with E-state index in [1.165, 1.54) is 28.0 Å². The first-order valence-corrected chi connectivity index (χ1v) is 12.3. The topological polar surface area (TPSA) is 92.7 Å². The zero-order valence-corrected chi connectivity index (χ0v) is 18.7. The standard InChI is InChI=1S/C19H20N4O4S3/c1-27-15-4-2-3-14(11-15)12-17-20-19(29-21-17)22-7-9-23(10-8-22)30(25,26)18-6-5-16(13-24)28-18/h2-6,11,13H,7-10,12H2,1H3. The van der Waals surface area contributed by atoms with Gasteiger partial charge in [-0.2, -0.15) is 8.68 Å². The van der Waals surface area contributed by atoms with Crippen LogP contribution in [0.15, 0.2) is 40.6 Å². The van der Waals surface area contributed by atoms with Crippen molar-refractivity contribution in [2.45, 2.75) is 10.6 Å². The SMILES string of the molecule is COc1cccc(Cc2nsc(N3CCN(S(=O)(=O)c4ccc(C=O)s4)CC3)n2)c1. The molecular weight excluding hydrogens is 444 g/mol. The molecule has 1 aliphatic heterocycles. The summed E-state index contributed by atoms with van der Waals surface area (Å²) in [5, 5.41) is 0.796. The van der Waals surface area contributed by atoms with E-state index in [0.29, 0.717) is 43.8 Å². The van der Waals surface area contributed by atoms with Crippen molar-refractivity contribution in [1.82, 2.24) is 13.7 Å². The summed E-state index contributed by atoms with van der Waals surface area (Å²) >= 11 is 2.32. The predicted molar refractivity (Wildman–Crippen MR) is 116 cm³/mol. The van der Waals surface area contributed by atoms with E-state index >= 15 is 0 Å². The highest BCUT2D eigenvalue weighted by molar-refractivity contribution is 7.91. The Morgan fingerprint density at radius 1 is 1.17 bits per heavy atom. The Morgan fingerprint density at radius 3 is 2.67 bits per heavy atom. The Kier molecular flexibility index (Phi) is 6.14. The summed E-state index contributed by atoms with van der Waals surface area (Å²) in [4.78, 5) is 17.9. The number of anilines is 1. The first-order valence-electron chi connectivity index (χ1n) is 9.25. The molecule has 0 amide bonds. The zero-order chi connectivity index (χ0) is 21.1. The average molecular weight is 465 g/mol. The maximum Gasteiger partial charge on any atom is 0.252 e. The number of thiophene rings is 1. The van der Waals surface area contributed by atoms with Crippen LogP contribution in [-0.4, -0.2) is 61.7 Å². The molecule has 0 bridgehead atoms. The first-order chi connectivity index (χ1) is 14.5. The molecule has 1 saturated heterocycles. The van der Waals surface area contributed by atoms with Crippen LogP contribution in [0.4, 0.5) is 5.13 Å². The van der Waals surface area contributed by atoms with E-state index in [-0.39, 0.29) is 4.21 Å². The minimum absolute atomic E-state index is 0.203. The van der Waals surface area contributed by atoms with E-state index in [1.54, 1.807) is 7.11 Å². The smallest absolute Gasteiger partial charge is 0.252 e. The summed E-state index contributed by atoms with van der Waals surface area (Å²) in [6.45, 7) is 1.81. The Hall–Kier alpha value is -2.34. The molecule has 1 aliphatic rings. The van der Waals surface area contributed by atoms with E-state index in [4.69, 9.17) is 4.74 Å². The zero-order valence-electron chi connectivity index (χ0n) is 16.2. The maximum atomic E-state index is 12.8. The molecule has 3 aromatic rings. The van der Waals surface area contributed by atoms with Crippen molar-refractivity contribution in [2.75, 3.05) is 38.2 Å². The highest BCUT2D eigenvalue weighted by Crippen LogP contribution is 2.27. The number of piperazine rings is 1. The van der Waals surface area contributed by atoms with Gasteiger partial charge in [0, 0.05) is 44.1 Å². The fourth-order valence-corrected chi connectivity index (χ4v) is 6.65. The summed E-state index contributed by atoms with van der Waals surface area (Å²) in [6.07, 6.45) is 1.28. The largest absolute Gasteiger partial charge is 0.497 e. The van der Waals surface area contributed by atoms with E-state index in [0.717, 1.165) is 33.6 Å². The van der Waals surface area contributed by atoms with Gasteiger partial charge in [0.05, 0.1) is 12.0 Å². The van der Waals surface area contributed by atoms with Crippen molar-refractivity contribution in [3.8, 4) is 5.75 Å². The summed E-state index contributed by atoms with van der Waals surface area (Å²) in [6, 6.07) is 10.8. The third kappa shape index (κ3) is 4.38. The average Bonchev–Trinajstić information content (AvgIpc) is 3.44. The van der Waals surface area contributed by atoms with Gasteiger partial charge in [-0.25, -0.2) is 13.4 Å². The fourth-order valence-electron chi connectivity index (χ4n) is 3.19. The van der Waals surface area contributed by atoms with Gasteiger partial charge in [-0.1, -0.05) is 12.1 Å². The number of sulfonamides is 1. The number of aromatic nitrogens is 2. The van der Waals surface area contributed by atoms with Crippen LogP contribution in [0.25, 0.3) is 0 Å². The molecule has 0 N–H and O–H groups in total. The molecule has 0 saturated carbocycles. The van der Waals surface area contributed by atoms with Crippen LogP contribution in [0, 0.1) is 0 Å². The minimum Gasteiger partial charge on any atom is -0.497 e. The number of hydrogen-bond acceptors (Lipinski definition) is 9. The van der Waals surface area contributed by atoms with Gasteiger partial charge in [0.2, 0.25) is 5.13 Å². The number of carbonyl (C=O) groups is 1. The van der Waals surface area contributed by atoms with Crippen molar-refractivity contribution >= 4 is 44.3 Å². The molecule has 30 heavy (non-hydrogen) atoms. The Labute approximate surface area is 183 Å². The lowest BCUT2D eigenvalue weighted by atomic mass is 10.1. The van der Waals surface area contributed by atoms with Gasteiger partial charge >= 0.3 is 0 Å². The number of rotatable bonds is 7.